The molecule has 2 aromatic carbocycles. The van der Waals surface area contributed by atoms with Crippen molar-refractivity contribution in [3.8, 4) is 0 Å². The second-order valence-electron chi connectivity index (χ2n) is 7.89. The number of aromatic nitrogens is 1. The molecule has 1 aliphatic carbocycles. The Balaban J connectivity index is 1.44. The van der Waals surface area contributed by atoms with Gasteiger partial charge in [-0.15, -0.1) is 11.8 Å². The first-order valence-electron chi connectivity index (χ1n) is 9.85. The predicted molar refractivity (Wildman–Crippen MR) is 111 cm³/mol. The summed E-state index contributed by atoms with van der Waals surface area (Å²) in [5.74, 6) is 1.79. The molecule has 2 unspecified atom stereocenters. The van der Waals surface area contributed by atoms with E-state index in [1.54, 1.807) is 0 Å². The van der Waals surface area contributed by atoms with Crippen molar-refractivity contribution in [1.29, 1.82) is 0 Å². The van der Waals surface area contributed by atoms with Gasteiger partial charge >= 0.3 is 0 Å². The molecule has 2 aliphatic rings. The van der Waals surface area contributed by atoms with Crippen LogP contribution in [-0.2, 0) is 12.8 Å². The Kier molecular flexibility index (Phi) is 4.24. The number of hydrogen-bond acceptors (Lipinski definition) is 2. The van der Waals surface area contributed by atoms with E-state index in [0.29, 0.717) is 5.92 Å². The molecule has 2 heterocycles. The fraction of sp³-hybridized carbons (Fsp3) is 0.348. The average molecular weight is 377 g/mol. The Labute approximate surface area is 163 Å². The average Bonchev–Trinajstić information content (AvgIpc) is 3.05. The number of aromatic amines is 1. The van der Waals surface area contributed by atoms with Crippen LogP contribution < -0.4 is 5.32 Å². The van der Waals surface area contributed by atoms with Crippen molar-refractivity contribution < 1.29 is 4.79 Å². The van der Waals surface area contributed by atoms with Gasteiger partial charge in [-0.25, -0.2) is 0 Å². The molecule has 1 aromatic heterocycles. The molecule has 2 N–H and O–H groups in total. The lowest BCUT2D eigenvalue weighted by atomic mass is 9.87. The van der Waals surface area contributed by atoms with Gasteiger partial charge in [0, 0.05) is 32.8 Å². The number of H-pyrrole nitrogens is 1. The summed E-state index contributed by atoms with van der Waals surface area (Å²) in [6.45, 7) is 2.32. The zero-order valence-corrected chi connectivity index (χ0v) is 16.4. The van der Waals surface area contributed by atoms with Crippen molar-refractivity contribution in [2.75, 3.05) is 5.75 Å². The second-order valence-corrected chi connectivity index (χ2v) is 9.03. The van der Waals surface area contributed by atoms with Gasteiger partial charge in [0.25, 0.3) is 5.91 Å². The van der Waals surface area contributed by atoms with Crippen molar-refractivity contribution >= 4 is 28.6 Å². The summed E-state index contributed by atoms with van der Waals surface area (Å²) in [4.78, 5) is 17.8. The molecule has 5 rings (SSSR count). The molecule has 3 nitrogen and oxygen atoms in total. The quantitative estimate of drug-likeness (QED) is 0.641. The van der Waals surface area contributed by atoms with Crippen LogP contribution in [-0.4, -0.2) is 16.6 Å². The highest BCUT2D eigenvalue weighted by Crippen LogP contribution is 2.36. The number of carbonyl (C=O) groups excluding carboxylic acids is 1. The van der Waals surface area contributed by atoms with Gasteiger partial charge in [-0.1, -0.05) is 25.1 Å². The number of benzene rings is 2. The van der Waals surface area contributed by atoms with Crippen LogP contribution in [0.2, 0.25) is 0 Å². The molecule has 3 aromatic rings. The first-order valence-corrected chi connectivity index (χ1v) is 10.8. The highest BCUT2D eigenvalue weighted by Gasteiger charge is 2.24. The van der Waals surface area contributed by atoms with E-state index in [4.69, 9.17) is 0 Å². The normalized spacial score (nSPS) is 21.5. The fourth-order valence-corrected chi connectivity index (χ4v) is 5.59. The standard InChI is InChI=1S/C23H24N2OS/c1-14-6-8-19-17(12-14)18-13-15(7-9-20(18)24-19)23(26)25-21-10-11-27-22-5-3-2-4-16(21)22/h2-5,7,9,13-14,21,24H,6,8,10-12H2,1H3,(H,25,26). The van der Waals surface area contributed by atoms with Gasteiger partial charge in [0.05, 0.1) is 6.04 Å². The Bertz CT molecular complexity index is 1020. The summed E-state index contributed by atoms with van der Waals surface area (Å²) < 4.78 is 0. The first kappa shape index (κ1) is 16.9. The van der Waals surface area contributed by atoms with E-state index in [9.17, 15) is 4.79 Å². The van der Waals surface area contributed by atoms with Crippen molar-refractivity contribution in [2.24, 2.45) is 5.92 Å². The molecule has 27 heavy (non-hydrogen) atoms. The van der Waals surface area contributed by atoms with E-state index >= 15 is 0 Å². The maximum Gasteiger partial charge on any atom is 0.251 e. The number of nitrogens with one attached hydrogen (secondary N) is 2. The lowest BCUT2D eigenvalue weighted by Crippen LogP contribution is -2.30. The third-order valence-electron chi connectivity index (χ3n) is 5.96. The zero-order valence-electron chi connectivity index (χ0n) is 15.5. The first-order chi connectivity index (χ1) is 13.2. The van der Waals surface area contributed by atoms with Crippen molar-refractivity contribution in [3.05, 3.63) is 64.8 Å². The third kappa shape index (κ3) is 3.06. The fourth-order valence-electron chi connectivity index (χ4n) is 4.47. The van der Waals surface area contributed by atoms with E-state index in [1.807, 2.05) is 17.8 Å². The van der Waals surface area contributed by atoms with Gasteiger partial charge in [0.15, 0.2) is 0 Å². The maximum absolute atomic E-state index is 13.0. The molecular weight excluding hydrogens is 352 g/mol. The smallest absolute Gasteiger partial charge is 0.251 e. The Morgan fingerprint density at radius 1 is 1.19 bits per heavy atom. The molecule has 0 bridgehead atoms. The highest BCUT2D eigenvalue weighted by atomic mass is 32.2. The van der Waals surface area contributed by atoms with Crippen molar-refractivity contribution in [2.45, 2.75) is 43.5 Å². The summed E-state index contributed by atoms with van der Waals surface area (Å²) in [6, 6.07) is 14.6. The van der Waals surface area contributed by atoms with Crippen LogP contribution in [0, 0.1) is 5.92 Å². The number of hydrogen-bond donors (Lipinski definition) is 2. The minimum absolute atomic E-state index is 0.0300. The van der Waals surface area contributed by atoms with E-state index in [1.165, 1.54) is 33.5 Å². The summed E-state index contributed by atoms with van der Waals surface area (Å²) in [5, 5.41) is 4.50. The van der Waals surface area contributed by atoms with Gasteiger partial charge < -0.3 is 10.3 Å². The number of fused-ring (bicyclic) bond motifs is 4. The van der Waals surface area contributed by atoms with E-state index in [2.05, 4.69) is 53.6 Å². The SMILES string of the molecule is CC1CCc2[nH]c3ccc(C(=O)NC4CCSc5ccccc54)cc3c2C1. The number of rotatable bonds is 2. The molecule has 0 saturated heterocycles. The summed E-state index contributed by atoms with van der Waals surface area (Å²) in [7, 11) is 0. The van der Waals surface area contributed by atoms with Gasteiger partial charge in [0.2, 0.25) is 0 Å². The van der Waals surface area contributed by atoms with Crippen LogP contribution in [0.3, 0.4) is 0 Å². The molecule has 0 radical (unpaired) electrons. The number of amides is 1. The molecule has 4 heteroatoms. The van der Waals surface area contributed by atoms with Crippen LogP contribution in [0.1, 0.15) is 53.0 Å². The summed E-state index contributed by atoms with van der Waals surface area (Å²) in [5.41, 5.74) is 5.94. The Morgan fingerprint density at radius 3 is 3.00 bits per heavy atom. The third-order valence-corrected chi connectivity index (χ3v) is 7.08. The van der Waals surface area contributed by atoms with Gasteiger partial charge in [-0.2, -0.15) is 0 Å². The zero-order chi connectivity index (χ0) is 18.4. The largest absolute Gasteiger partial charge is 0.358 e. The predicted octanol–water partition coefficient (Wildman–Crippen LogP) is 5.26. The lowest BCUT2D eigenvalue weighted by Gasteiger charge is -2.26. The van der Waals surface area contributed by atoms with Crippen LogP contribution in [0.25, 0.3) is 10.9 Å². The van der Waals surface area contributed by atoms with Gasteiger partial charge in [-0.3, -0.25) is 4.79 Å². The highest BCUT2D eigenvalue weighted by molar-refractivity contribution is 7.99. The summed E-state index contributed by atoms with van der Waals surface area (Å²) >= 11 is 1.88. The summed E-state index contributed by atoms with van der Waals surface area (Å²) in [6.07, 6.45) is 4.44. The van der Waals surface area contributed by atoms with Crippen LogP contribution in [0.15, 0.2) is 47.4 Å². The molecule has 0 fully saturated rings. The minimum Gasteiger partial charge on any atom is -0.358 e. The van der Waals surface area contributed by atoms with E-state index in [0.717, 1.165) is 36.1 Å². The Hall–Kier alpha value is -2.20. The molecule has 138 valence electrons. The van der Waals surface area contributed by atoms with Crippen LogP contribution in [0.5, 0.6) is 0 Å². The lowest BCUT2D eigenvalue weighted by molar-refractivity contribution is 0.0935. The molecule has 2 atom stereocenters. The molecule has 1 aliphatic heterocycles. The maximum atomic E-state index is 13.0. The van der Waals surface area contributed by atoms with E-state index < -0.39 is 0 Å². The topological polar surface area (TPSA) is 44.9 Å². The van der Waals surface area contributed by atoms with Crippen LogP contribution in [0.4, 0.5) is 0 Å². The molecule has 0 saturated carbocycles. The molecule has 1 amide bonds. The molecule has 0 spiro atoms. The second kappa shape index (κ2) is 6.75. The Morgan fingerprint density at radius 2 is 2.07 bits per heavy atom. The number of aryl methyl sites for hydroxylation is 1. The number of thioether (sulfide) groups is 1. The van der Waals surface area contributed by atoms with Crippen molar-refractivity contribution in [3.63, 3.8) is 0 Å². The molecular formula is C23H24N2OS. The minimum atomic E-state index is 0.0300. The number of carbonyl (C=O) groups is 1. The van der Waals surface area contributed by atoms with Crippen molar-refractivity contribution in [1.82, 2.24) is 10.3 Å². The van der Waals surface area contributed by atoms with Gasteiger partial charge in [0.1, 0.15) is 0 Å². The van der Waals surface area contributed by atoms with Gasteiger partial charge in [-0.05, 0) is 67.0 Å². The van der Waals surface area contributed by atoms with E-state index in [-0.39, 0.29) is 11.9 Å². The monoisotopic (exact) mass is 376 g/mol. The van der Waals surface area contributed by atoms with Crippen LogP contribution >= 0.6 is 11.8 Å².